The Labute approximate surface area is 158 Å². The maximum atomic E-state index is 12.4. The summed E-state index contributed by atoms with van der Waals surface area (Å²) >= 11 is 12.1. The Morgan fingerprint density at radius 3 is 2.65 bits per heavy atom. The van der Waals surface area contributed by atoms with Gasteiger partial charge in [0.2, 0.25) is 0 Å². The number of rotatable bonds is 4. The van der Waals surface area contributed by atoms with Crippen LogP contribution in [0.3, 0.4) is 0 Å². The van der Waals surface area contributed by atoms with Crippen molar-refractivity contribution in [2.75, 3.05) is 6.54 Å². The molecule has 0 atom stereocenters. The molecule has 1 aliphatic rings. The molecule has 1 N–H and O–H groups in total. The highest BCUT2D eigenvalue weighted by Gasteiger charge is 2.35. The van der Waals surface area contributed by atoms with Gasteiger partial charge in [-0.2, -0.15) is 0 Å². The maximum Gasteiger partial charge on any atom is 0.331 e. The largest absolute Gasteiger partial charge is 0.457 e. The number of hydrogen-bond donors (Lipinski definition) is 1. The number of nitrogens with zero attached hydrogens (tertiary/aromatic N) is 1. The third-order valence-corrected chi connectivity index (χ3v) is 4.17. The van der Waals surface area contributed by atoms with E-state index in [0.29, 0.717) is 21.4 Å². The standard InChI is InChI=1S/C18H12Cl2N2O4/c1-2-7-22-17(24)13(16(23)21-18(22)25)9-11-4-6-15(26-11)12-8-10(19)3-5-14(12)20/h2-6,8-9H,1,7H2,(H,21,23,25). The fourth-order valence-corrected chi connectivity index (χ4v) is 2.78. The first kappa shape index (κ1) is 18.0. The molecule has 8 heteroatoms. The third kappa shape index (κ3) is 3.42. The summed E-state index contributed by atoms with van der Waals surface area (Å²) in [6, 6.07) is 7.35. The number of halogens is 2. The van der Waals surface area contributed by atoms with E-state index in [4.69, 9.17) is 27.6 Å². The number of urea groups is 1. The Kier molecular flexibility index (Phi) is 4.97. The van der Waals surface area contributed by atoms with Crippen molar-refractivity contribution in [2.24, 2.45) is 0 Å². The summed E-state index contributed by atoms with van der Waals surface area (Å²) in [6.45, 7) is 3.47. The minimum absolute atomic E-state index is 0.0170. The van der Waals surface area contributed by atoms with E-state index in [0.717, 1.165) is 4.90 Å². The van der Waals surface area contributed by atoms with Crippen molar-refractivity contribution in [2.45, 2.75) is 0 Å². The zero-order valence-electron chi connectivity index (χ0n) is 13.3. The smallest absolute Gasteiger partial charge is 0.331 e. The summed E-state index contributed by atoms with van der Waals surface area (Å²) < 4.78 is 5.65. The number of amides is 4. The molecule has 2 heterocycles. The monoisotopic (exact) mass is 390 g/mol. The summed E-state index contributed by atoms with van der Waals surface area (Å²) in [4.78, 5) is 36.9. The number of benzene rings is 1. The van der Waals surface area contributed by atoms with Crippen molar-refractivity contribution >= 4 is 47.1 Å². The lowest BCUT2D eigenvalue weighted by Gasteiger charge is -2.24. The van der Waals surface area contributed by atoms with Crippen LogP contribution in [-0.4, -0.2) is 29.3 Å². The van der Waals surface area contributed by atoms with Gasteiger partial charge < -0.3 is 4.42 Å². The molecule has 6 nitrogen and oxygen atoms in total. The number of carbonyl (C=O) groups excluding carboxylic acids is 3. The molecule has 0 bridgehead atoms. The molecule has 0 radical (unpaired) electrons. The van der Waals surface area contributed by atoms with Crippen LogP contribution in [0.4, 0.5) is 4.79 Å². The SMILES string of the molecule is C=CCN1C(=O)NC(=O)C(=Cc2ccc(-c3cc(Cl)ccc3Cl)o2)C1=O. The molecular formula is C18H12Cl2N2O4. The summed E-state index contributed by atoms with van der Waals surface area (Å²) in [5.41, 5.74) is 0.358. The number of carbonyl (C=O) groups is 3. The first-order chi connectivity index (χ1) is 12.4. The van der Waals surface area contributed by atoms with E-state index in [1.165, 1.54) is 12.2 Å². The fourth-order valence-electron chi connectivity index (χ4n) is 2.39. The molecule has 1 aliphatic heterocycles. The molecule has 0 spiro atoms. The van der Waals surface area contributed by atoms with Gasteiger partial charge in [-0.05, 0) is 36.4 Å². The van der Waals surface area contributed by atoms with Crippen molar-refractivity contribution in [3.8, 4) is 11.3 Å². The van der Waals surface area contributed by atoms with Crippen molar-refractivity contribution in [3.05, 3.63) is 64.4 Å². The second kappa shape index (κ2) is 7.19. The van der Waals surface area contributed by atoms with Gasteiger partial charge in [-0.1, -0.05) is 29.3 Å². The molecule has 0 unspecified atom stereocenters. The van der Waals surface area contributed by atoms with E-state index < -0.39 is 17.8 Å². The van der Waals surface area contributed by atoms with Crippen LogP contribution in [-0.2, 0) is 9.59 Å². The molecule has 0 aliphatic carbocycles. The molecule has 3 rings (SSSR count). The summed E-state index contributed by atoms with van der Waals surface area (Å²) in [5, 5.41) is 3.03. The molecule has 4 amide bonds. The molecule has 1 aromatic heterocycles. The molecule has 132 valence electrons. The first-order valence-electron chi connectivity index (χ1n) is 7.45. The van der Waals surface area contributed by atoms with Gasteiger partial charge in [0.25, 0.3) is 11.8 Å². The van der Waals surface area contributed by atoms with Gasteiger partial charge in [0, 0.05) is 17.1 Å². The van der Waals surface area contributed by atoms with E-state index >= 15 is 0 Å². The second-order valence-electron chi connectivity index (χ2n) is 5.35. The Balaban J connectivity index is 1.95. The van der Waals surface area contributed by atoms with Gasteiger partial charge >= 0.3 is 6.03 Å². The van der Waals surface area contributed by atoms with Crippen LogP contribution in [0.25, 0.3) is 17.4 Å². The molecule has 26 heavy (non-hydrogen) atoms. The predicted octanol–water partition coefficient (Wildman–Crippen LogP) is 3.90. The fraction of sp³-hybridized carbons (Fsp3) is 0.0556. The van der Waals surface area contributed by atoms with Crippen molar-refractivity contribution in [3.63, 3.8) is 0 Å². The quantitative estimate of drug-likeness (QED) is 0.487. The molecule has 2 aromatic rings. The number of imide groups is 2. The van der Waals surface area contributed by atoms with E-state index in [-0.39, 0.29) is 17.9 Å². The third-order valence-electron chi connectivity index (χ3n) is 3.60. The zero-order valence-corrected chi connectivity index (χ0v) is 14.8. The lowest BCUT2D eigenvalue weighted by atomic mass is 10.1. The van der Waals surface area contributed by atoms with Gasteiger partial charge in [0.15, 0.2) is 0 Å². The van der Waals surface area contributed by atoms with E-state index in [1.807, 2.05) is 0 Å². The van der Waals surface area contributed by atoms with Crippen LogP contribution >= 0.6 is 23.2 Å². The van der Waals surface area contributed by atoms with Crippen LogP contribution in [0.15, 0.2) is 53.0 Å². The summed E-state index contributed by atoms with van der Waals surface area (Å²) in [5.74, 6) is -0.842. The number of hydrogen-bond acceptors (Lipinski definition) is 4. The van der Waals surface area contributed by atoms with Crippen LogP contribution < -0.4 is 5.32 Å². The highest BCUT2D eigenvalue weighted by molar-refractivity contribution is 6.35. The highest BCUT2D eigenvalue weighted by atomic mass is 35.5. The summed E-state index contributed by atoms with van der Waals surface area (Å²) in [6.07, 6.45) is 2.65. The van der Waals surface area contributed by atoms with Crippen LogP contribution in [0.1, 0.15) is 5.76 Å². The van der Waals surface area contributed by atoms with Crippen molar-refractivity contribution < 1.29 is 18.8 Å². The Morgan fingerprint density at radius 2 is 1.92 bits per heavy atom. The van der Waals surface area contributed by atoms with Crippen molar-refractivity contribution in [1.82, 2.24) is 10.2 Å². The summed E-state index contributed by atoms with van der Waals surface area (Å²) in [7, 11) is 0. The number of barbiturate groups is 1. The molecule has 1 aromatic carbocycles. The van der Waals surface area contributed by atoms with Crippen LogP contribution in [0.5, 0.6) is 0 Å². The van der Waals surface area contributed by atoms with Gasteiger partial charge in [0.05, 0.1) is 5.02 Å². The molecule has 0 saturated carbocycles. The van der Waals surface area contributed by atoms with E-state index in [2.05, 4.69) is 11.9 Å². The van der Waals surface area contributed by atoms with Crippen molar-refractivity contribution in [1.29, 1.82) is 0 Å². The lowest BCUT2D eigenvalue weighted by Crippen LogP contribution is -2.54. The minimum atomic E-state index is -0.793. The second-order valence-corrected chi connectivity index (χ2v) is 6.19. The van der Waals surface area contributed by atoms with Gasteiger partial charge in [-0.15, -0.1) is 6.58 Å². The Morgan fingerprint density at radius 1 is 1.15 bits per heavy atom. The van der Waals surface area contributed by atoms with Gasteiger partial charge in [-0.25, -0.2) is 4.79 Å². The van der Waals surface area contributed by atoms with Gasteiger partial charge in [-0.3, -0.25) is 19.8 Å². The number of nitrogens with one attached hydrogen (secondary N) is 1. The maximum absolute atomic E-state index is 12.4. The van der Waals surface area contributed by atoms with E-state index in [9.17, 15) is 14.4 Å². The normalized spacial score (nSPS) is 16.2. The average molecular weight is 391 g/mol. The highest BCUT2D eigenvalue weighted by Crippen LogP contribution is 2.32. The molecular weight excluding hydrogens is 379 g/mol. The zero-order chi connectivity index (χ0) is 18.8. The van der Waals surface area contributed by atoms with Crippen LogP contribution in [0, 0.1) is 0 Å². The predicted molar refractivity (Wildman–Crippen MR) is 97.6 cm³/mol. The minimum Gasteiger partial charge on any atom is -0.457 e. The average Bonchev–Trinajstić information content (AvgIpc) is 3.06. The Hall–Kier alpha value is -2.83. The van der Waals surface area contributed by atoms with Crippen LogP contribution in [0.2, 0.25) is 10.0 Å². The van der Waals surface area contributed by atoms with E-state index in [1.54, 1.807) is 30.3 Å². The number of furan rings is 1. The Bertz CT molecular complexity index is 962. The lowest BCUT2D eigenvalue weighted by molar-refractivity contribution is -0.129. The topological polar surface area (TPSA) is 79.6 Å². The molecule has 1 fully saturated rings. The van der Waals surface area contributed by atoms with Gasteiger partial charge in [0.1, 0.15) is 17.1 Å². The first-order valence-corrected chi connectivity index (χ1v) is 8.21. The molecule has 1 saturated heterocycles.